The van der Waals surface area contributed by atoms with E-state index in [4.69, 9.17) is 9.84 Å². The molecule has 0 fully saturated rings. The Labute approximate surface area is 129 Å². The number of carboxylic acids is 1. The van der Waals surface area contributed by atoms with Gasteiger partial charge in [0.15, 0.2) is 0 Å². The zero-order valence-electron chi connectivity index (χ0n) is 10.9. The molecule has 0 spiro atoms. The number of methoxy groups -OCH3 is 1. The largest absolute Gasteiger partial charge is 0.480 e. The molecule has 0 radical (unpaired) electrons. The van der Waals surface area contributed by atoms with Crippen molar-refractivity contribution in [3.8, 4) is 0 Å². The lowest BCUT2D eigenvalue weighted by atomic mass is 10.1. The number of nitrogens with one attached hydrogen (secondary N) is 1. The summed E-state index contributed by atoms with van der Waals surface area (Å²) >= 11 is 1.83. The maximum absolute atomic E-state index is 13.0. The Morgan fingerprint density at radius 3 is 2.75 bits per heavy atom. The van der Waals surface area contributed by atoms with Crippen LogP contribution in [0.5, 0.6) is 0 Å². The molecule has 1 unspecified atom stereocenters. The molecule has 0 bridgehead atoms. The van der Waals surface area contributed by atoms with Crippen molar-refractivity contribution in [3.63, 3.8) is 0 Å². The van der Waals surface area contributed by atoms with E-state index in [0.29, 0.717) is 16.6 Å². The number of amides is 1. The molecule has 0 aliphatic carbocycles. The Hall–Kier alpha value is -1.22. The van der Waals surface area contributed by atoms with E-state index in [9.17, 15) is 14.0 Å². The quantitative estimate of drug-likeness (QED) is 0.548. The second kappa shape index (κ2) is 8.15. The average Bonchev–Trinajstić information content (AvgIpc) is 2.37. The summed E-state index contributed by atoms with van der Waals surface area (Å²) in [4.78, 5) is 23.1. The number of carbonyl (C=O) groups excluding carboxylic acids is 1. The summed E-state index contributed by atoms with van der Waals surface area (Å²) in [6.45, 7) is 0.424. The summed E-state index contributed by atoms with van der Waals surface area (Å²) in [5.74, 6) is -2.08. The lowest BCUT2D eigenvalue weighted by Crippen LogP contribution is -2.41. The number of aliphatic carboxylic acids is 1. The Bertz CT molecular complexity index is 495. The average molecular weight is 395 g/mol. The number of carbonyl (C=O) groups is 2. The van der Waals surface area contributed by atoms with E-state index in [2.05, 4.69) is 5.32 Å². The van der Waals surface area contributed by atoms with E-state index in [1.54, 1.807) is 0 Å². The highest BCUT2D eigenvalue weighted by Crippen LogP contribution is 2.14. The first-order valence-electron chi connectivity index (χ1n) is 5.93. The van der Waals surface area contributed by atoms with Crippen molar-refractivity contribution in [1.29, 1.82) is 0 Å². The van der Waals surface area contributed by atoms with Gasteiger partial charge in [-0.15, -0.1) is 0 Å². The van der Waals surface area contributed by atoms with E-state index in [1.165, 1.54) is 19.2 Å². The standard InChI is InChI=1S/C13H15FINO4/c1-20-6-2-3-11(13(18)19)16-12(17)9-5-4-8(14)7-10(9)15/h4-5,7,11H,2-3,6H2,1H3,(H,16,17)(H,18,19). The fraction of sp³-hybridized carbons (Fsp3) is 0.385. The summed E-state index contributed by atoms with van der Waals surface area (Å²) in [7, 11) is 1.52. The zero-order chi connectivity index (χ0) is 15.1. The van der Waals surface area contributed by atoms with E-state index in [0.717, 1.165) is 6.07 Å². The number of hydrogen-bond donors (Lipinski definition) is 2. The molecule has 1 amide bonds. The predicted molar refractivity (Wildman–Crippen MR) is 79.1 cm³/mol. The Balaban J connectivity index is 2.72. The first-order valence-corrected chi connectivity index (χ1v) is 7.01. The topological polar surface area (TPSA) is 75.6 Å². The van der Waals surface area contributed by atoms with Gasteiger partial charge in [-0.3, -0.25) is 4.79 Å². The van der Waals surface area contributed by atoms with Crippen LogP contribution in [0, 0.1) is 9.39 Å². The summed E-state index contributed by atoms with van der Waals surface area (Å²) in [5, 5.41) is 11.5. The van der Waals surface area contributed by atoms with Crippen LogP contribution in [-0.2, 0) is 9.53 Å². The van der Waals surface area contributed by atoms with E-state index < -0.39 is 23.7 Å². The number of benzene rings is 1. The van der Waals surface area contributed by atoms with Gasteiger partial charge >= 0.3 is 5.97 Å². The molecule has 0 saturated carbocycles. The summed E-state index contributed by atoms with van der Waals surface area (Å²) in [6.07, 6.45) is 0.793. The van der Waals surface area contributed by atoms with Crippen molar-refractivity contribution >= 4 is 34.5 Å². The zero-order valence-corrected chi connectivity index (χ0v) is 13.0. The minimum Gasteiger partial charge on any atom is -0.480 e. The minimum absolute atomic E-state index is 0.255. The number of halogens is 2. The van der Waals surface area contributed by atoms with Crippen LogP contribution in [0.3, 0.4) is 0 Å². The van der Waals surface area contributed by atoms with Crippen LogP contribution in [0.25, 0.3) is 0 Å². The Morgan fingerprint density at radius 1 is 1.50 bits per heavy atom. The fourth-order valence-electron chi connectivity index (χ4n) is 1.60. The number of rotatable bonds is 7. The van der Waals surface area contributed by atoms with Crippen LogP contribution in [0.15, 0.2) is 18.2 Å². The van der Waals surface area contributed by atoms with E-state index in [-0.39, 0.29) is 12.0 Å². The lowest BCUT2D eigenvalue weighted by Gasteiger charge is -2.15. The van der Waals surface area contributed by atoms with Gasteiger partial charge in [0.2, 0.25) is 0 Å². The molecule has 0 aliphatic heterocycles. The molecule has 0 aliphatic rings. The predicted octanol–water partition coefficient (Wildman–Crippen LogP) is 2.04. The van der Waals surface area contributed by atoms with Crippen molar-refractivity contribution < 1.29 is 23.8 Å². The van der Waals surface area contributed by atoms with Gasteiger partial charge in [-0.1, -0.05) is 0 Å². The van der Waals surface area contributed by atoms with Crippen LogP contribution in [0.4, 0.5) is 4.39 Å². The maximum Gasteiger partial charge on any atom is 0.326 e. The maximum atomic E-state index is 13.0. The first kappa shape index (κ1) is 16.8. The molecule has 20 heavy (non-hydrogen) atoms. The first-order chi connectivity index (χ1) is 9.45. The van der Waals surface area contributed by atoms with E-state index >= 15 is 0 Å². The summed E-state index contributed by atoms with van der Waals surface area (Å²) in [6, 6.07) is 2.73. The van der Waals surface area contributed by atoms with Crippen molar-refractivity contribution in [1.82, 2.24) is 5.32 Å². The van der Waals surface area contributed by atoms with Gasteiger partial charge in [0, 0.05) is 17.3 Å². The molecule has 1 atom stereocenters. The molecular weight excluding hydrogens is 380 g/mol. The van der Waals surface area contributed by atoms with Gasteiger partial charge in [0.05, 0.1) is 5.56 Å². The molecule has 1 rings (SSSR count). The second-order valence-electron chi connectivity index (χ2n) is 4.12. The fourth-order valence-corrected chi connectivity index (χ4v) is 2.32. The van der Waals surface area contributed by atoms with Crippen LogP contribution >= 0.6 is 22.6 Å². The molecule has 5 nitrogen and oxygen atoms in total. The molecule has 0 saturated heterocycles. The molecule has 7 heteroatoms. The van der Waals surface area contributed by atoms with Gasteiger partial charge in [-0.2, -0.15) is 0 Å². The third kappa shape index (κ3) is 5.04. The molecule has 0 heterocycles. The molecular formula is C13H15FINO4. The highest BCUT2D eigenvalue weighted by Gasteiger charge is 2.21. The third-order valence-corrected chi connectivity index (χ3v) is 3.51. The van der Waals surface area contributed by atoms with Gasteiger partial charge in [0.25, 0.3) is 5.91 Å². The highest BCUT2D eigenvalue weighted by molar-refractivity contribution is 14.1. The Morgan fingerprint density at radius 2 is 2.20 bits per heavy atom. The lowest BCUT2D eigenvalue weighted by molar-refractivity contribution is -0.139. The summed E-state index contributed by atoms with van der Waals surface area (Å²) in [5.41, 5.74) is 0.255. The van der Waals surface area contributed by atoms with Gasteiger partial charge in [-0.05, 0) is 53.6 Å². The summed E-state index contributed by atoms with van der Waals surface area (Å²) < 4.78 is 18.2. The van der Waals surface area contributed by atoms with E-state index in [1.807, 2.05) is 22.6 Å². The number of ether oxygens (including phenoxy) is 1. The van der Waals surface area contributed by atoms with Gasteiger partial charge < -0.3 is 15.2 Å². The number of carboxylic acid groups (broad SMARTS) is 1. The van der Waals surface area contributed by atoms with Gasteiger partial charge in [-0.25, -0.2) is 9.18 Å². The SMILES string of the molecule is COCCCC(NC(=O)c1ccc(F)cc1I)C(=O)O. The van der Waals surface area contributed by atoms with Crippen molar-refractivity contribution in [2.75, 3.05) is 13.7 Å². The second-order valence-corrected chi connectivity index (χ2v) is 5.29. The minimum atomic E-state index is -1.11. The van der Waals surface area contributed by atoms with Crippen LogP contribution < -0.4 is 5.32 Å². The molecule has 2 N–H and O–H groups in total. The monoisotopic (exact) mass is 395 g/mol. The highest BCUT2D eigenvalue weighted by atomic mass is 127. The van der Waals surface area contributed by atoms with Crippen molar-refractivity contribution in [2.24, 2.45) is 0 Å². The molecule has 0 aromatic heterocycles. The number of hydrogen-bond acceptors (Lipinski definition) is 3. The molecule has 110 valence electrons. The molecule has 1 aromatic carbocycles. The van der Waals surface area contributed by atoms with Crippen molar-refractivity contribution in [2.45, 2.75) is 18.9 Å². The van der Waals surface area contributed by atoms with Gasteiger partial charge in [0.1, 0.15) is 11.9 Å². The van der Waals surface area contributed by atoms with Crippen LogP contribution in [0.1, 0.15) is 23.2 Å². The van der Waals surface area contributed by atoms with Crippen LogP contribution in [0.2, 0.25) is 0 Å². The normalized spacial score (nSPS) is 11.9. The van der Waals surface area contributed by atoms with Crippen molar-refractivity contribution in [3.05, 3.63) is 33.1 Å². The Kier molecular flexibility index (Phi) is 6.86. The smallest absolute Gasteiger partial charge is 0.326 e. The molecule has 1 aromatic rings. The van der Waals surface area contributed by atoms with Crippen LogP contribution in [-0.4, -0.2) is 36.7 Å². The third-order valence-electron chi connectivity index (χ3n) is 2.62.